The second kappa shape index (κ2) is 8.36. The summed E-state index contributed by atoms with van der Waals surface area (Å²) in [6, 6.07) is 4.25. The van der Waals surface area contributed by atoms with E-state index in [1.165, 1.54) is 22.5 Å². The number of carbonyl (C=O) groups is 2. The number of halogens is 1. The Morgan fingerprint density at radius 1 is 1.07 bits per heavy atom. The third-order valence-corrected chi connectivity index (χ3v) is 7.68. The first-order valence-electron chi connectivity index (χ1n) is 9.27. The van der Waals surface area contributed by atoms with Crippen molar-refractivity contribution in [2.45, 2.75) is 17.7 Å². The number of hydrogen-bond donors (Lipinski definition) is 1. The van der Waals surface area contributed by atoms with Crippen molar-refractivity contribution in [3.63, 3.8) is 0 Å². The molecule has 0 aromatic heterocycles. The van der Waals surface area contributed by atoms with Crippen LogP contribution in [0.1, 0.15) is 23.2 Å². The van der Waals surface area contributed by atoms with Gasteiger partial charge in [-0.1, -0.05) is 11.6 Å². The van der Waals surface area contributed by atoms with Gasteiger partial charge in [-0.3, -0.25) is 9.59 Å². The summed E-state index contributed by atoms with van der Waals surface area (Å²) >= 11 is 6.21. The second-order valence-electron chi connectivity index (χ2n) is 7.32. The quantitative estimate of drug-likeness (QED) is 0.756. The minimum absolute atomic E-state index is 0.0665. The lowest BCUT2D eigenvalue weighted by atomic mass is 9.96. The SMILES string of the molecule is CN1CCN(S(=O)(=O)c2ccc(Cl)c(C(=O)N3CCC(C(N)=O)CC3)c2)CC1. The zero-order valence-corrected chi connectivity index (χ0v) is 17.4. The molecule has 0 spiro atoms. The number of amides is 2. The molecule has 0 unspecified atom stereocenters. The van der Waals surface area contributed by atoms with Crippen LogP contribution in [0.3, 0.4) is 0 Å². The van der Waals surface area contributed by atoms with E-state index in [-0.39, 0.29) is 33.2 Å². The number of nitrogens with zero attached hydrogens (tertiary/aromatic N) is 3. The molecule has 1 aromatic carbocycles. The van der Waals surface area contributed by atoms with E-state index in [0.29, 0.717) is 52.1 Å². The van der Waals surface area contributed by atoms with E-state index in [1.54, 1.807) is 4.90 Å². The van der Waals surface area contributed by atoms with Crippen molar-refractivity contribution in [1.82, 2.24) is 14.1 Å². The third kappa shape index (κ3) is 4.32. The van der Waals surface area contributed by atoms with Crippen molar-refractivity contribution in [2.75, 3.05) is 46.3 Å². The Morgan fingerprint density at radius 2 is 1.68 bits per heavy atom. The lowest BCUT2D eigenvalue weighted by molar-refractivity contribution is -0.123. The Kier molecular flexibility index (Phi) is 6.28. The number of piperazine rings is 1. The topological polar surface area (TPSA) is 104 Å². The van der Waals surface area contributed by atoms with Crippen molar-refractivity contribution in [1.29, 1.82) is 0 Å². The zero-order chi connectivity index (χ0) is 20.5. The first-order valence-corrected chi connectivity index (χ1v) is 11.1. The molecule has 154 valence electrons. The van der Waals surface area contributed by atoms with E-state index in [0.717, 1.165) is 0 Å². The van der Waals surface area contributed by atoms with Gasteiger partial charge in [0.05, 0.1) is 15.5 Å². The van der Waals surface area contributed by atoms with E-state index in [1.807, 2.05) is 7.05 Å². The molecule has 0 bridgehead atoms. The third-order valence-electron chi connectivity index (χ3n) is 5.45. The molecule has 2 N–H and O–H groups in total. The fourth-order valence-electron chi connectivity index (χ4n) is 3.54. The van der Waals surface area contributed by atoms with E-state index in [4.69, 9.17) is 17.3 Å². The number of benzene rings is 1. The van der Waals surface area contributed by atoms with Gasteiger partial charge < -0.3 is 15.5 Å². The van der Waals surface area contributed by atoms with Crippen LogP contribution in [0.4, 0.5) is 0 Å². The Balaban J connectivity index is 1.80. The standard InChI is InChI=1S/C18H25ClN4O4S/c1-21-8-10-23(11-9-21)28(26,27)14-2-3-16(19)15(12-14)18(25)22-6-4-13(5-7-22)17(20)24/h2-3,12-13H,4-11H2,1H3,(H2,20,24). The van der Waals surface area contributed by atoms with Crippen LogP contribution in [0.15, 0.2) is 23.1 Å². The van der Waals surface area contributed by atoms with Crippen molar-refractivity contribution in [2.24, 2.45) is 11.7 Å². The molecule has 0 atom stereocenters. The number of nitrogens with two attached hydrogens (primary N) is 1. The number of rotatable bonds is 4. The predicted molar refractivity (Wildman–Crippen MR) is 106 cm³/mol. The van der Waals surface area contributed by atoms with Gasteiger partial charge in [0.2, 0.25) is 15.9 Å². The molecule has 3 rings (SSSR count). The number of likely N-dealkylation sites (N-methyl/N-ethyl adjacent to an activating group) is 1. The Labute approximate surface area is 170 Å². The Hall–Kier alpha value is -1.68. The molecule has 2 heterocycles. The summed E-state index contributed by atoms with van der Waals surface area (Å²) in [4.78, 5) is 27.9. The Bertz CT molecular complexity index is 860. The molecule has 0 aliphatic carbocycles. The van der Waals surface area contributed by atoms with Crippen LogP contribution in [0.5, 0.6) is 0 Å². The Morgan fingerprint density at radius 3 is 2.25 bits per heavy atom. The summed E-state index contributed by atoms with van der Waals surface area (Å²) in [5.74, 6) is -0.919. The normalized spacial score (nSPS) is 20.3. The van der Waals surface area contributed by atoms with Crippen LogP contribution in [0.2, 0.25) is 5.02 Å². The molecule has 8 nitrogen and oxygen atoms in total. The van der Waals surface area contributed by atoms with Crippen molar-refractivity contribution < 1.29 is 18.0 Å². The van der Waals surface area contributed by atoms with Gasteiger partial charge in [-0.15, -0.1) is 0 Å². The van der Waals surface area contributed by atoms with Gasteiger partial charge in [-0.2, -0.15) is 4.31 Å². The molecule has 2 aliphatic heterocycles. The summed E-state index contributed by atoms with van der Waals surface area (Å²) in [5.41, 5.74) is 5.49. The van der Waals surface area contributed by atoms with Crippen molar-refractivity contribution in [3.8, 4) is 0 Å². The highest BCUT2D eigenvalue weighted by Crippen LogP contribution is 2.26. The molecule has 2 saturated heterocycles. The summed E-state index contributed by atoms with van der Waals surface area (Å²) in [5, 5.41) is 0.208. The van der Waals surface area contributed by atoms with Crippen LogP contribution in [-0.2, 0) is 14.8 Å². The van der Waals surface area contributed by atoms with Crippen LogP contribution in [0, 0.1) is 5.92 Å². The summed E-state index contributed by atoms with van der Waals surface area (Å²) in [6.45, 7) is 2.91. The monoisotopic (exact) mass is 428 g/mol. The smallest absolute Gasteiger partial charge is 0.255 e. The molecular weight excluding hydrogens is 404 g/mol. The molecule has 1 aromatic rings. The zero-order valence-electron chi connectivity index (χ0n) is 15.8. The second-order valence-corrected chi connectivity index (χ2v) is 9.66. The van der Waals surface area contributed by atoms with Gasteiger partial charge in [0.25, 0.3) is 5.91 Å². The minimum atomic E-state index is -3.69. The lowest BCUT2D eigenvalue weighted by Crippen LogP contribution is -2.47. The van der Waals surface area contributed by atoms with Gasteiger partial charge in [0, 0.05) is 45.2 Å². The number of primary amides is 1. The molecule has 2 amide bonds. The predicted octanol–water partition coefficient (Wildman–Crippen LogP) is 0.614. The van der Waals surface area contributed by atoms with E-state index in [2.05, 4.69) is 4.90 Å². The average molecular weight is 429 g/mol. The maximum atomic E-state index is 13.0. The molecule has 0 radical (unpaired) electrons. The van der Waals surface area contributed by atoms with Crippen molar-refractivity contribution in [3.05, 3.63) is 28.8 Å². The first kappa shape index (κ1) is 21.0. The van der Waals surface area contributed by atoms with Crippen LogP contribution in [0.25, 0.3) is 0 Å². The van der Waals surface area contributed by atoms with Gasteiger partial charge >= 0.3 is 0 Å². The molecule has 2 aliphatic rings. The van der Waals surface area contributed by atoms with E-state index >= 15 is 0 Å². The minimum Gasteiger partial charge on any atom is -0.369 e. The fourth-order valence-corrected chi connectivity index (χ4v) is 5.19. The first-order chi connectivity index (χ1) is 13.2. The van der Waals surface area contributed by atoms with Crippen LogP contribution in [-0.4, -0.2) is 80.7 Å². The number of hydrogen-bond acceptors (Lipinski definition) is 5. The summed E-state index contributed by atoms with van der Waals surface area (Å²) in [7, 11) is -1.74. The van der Waals surface area contributed by atoms with Gasteiger partial charge in [-0.25, -0.2) is 8.42 Å². The fraction of sp³-hybridized carbons (Fsp3) is 0.556. The average Bonchev–Trinajstić information content (AvgIpc) is 2.68. The van der Waals surface area contributed by atoms with Gasteiger partial charge in [-0.05, 0) is 38.1 Å². The highest BCUT2D eigenvalue weighted by Gasteiger charge is 2.31. The maximum Gasteiger partial charge on any atom is 0.255 e. The number of piperidine rings is 1. The largest absolute Gasteiger partial charge is 0.369 e. The molecule has 2 fully saturated rings. The highest BCUT2D eigenvalue weighted by atomic mass is 35.5. The molecule has 0 saturated carbocycles. The van der Waals surface area contributed by atoms with Crippen LogP contribution < -0.4 is 5.73 Å². The number of sulfonamides is 1. The molecule has 10 heteroatoms. The van der Waals surface area contributed by atoms with Crippen LogP contribution >= 0.6 is 11.6 Å². The van der Waals surface area contributed by atoms with Gasteiger partial charge in [0.15, 0.2) is 0 Å². The highest BCUT2D eigenvalue weighted by molar-refractivity contribution is 7.89. The number of likely N-dealkylation sites (tertiary alicyclic amines) is 1. The van der Waals surface area contributed by atoms with Crippen molar-refractivity contribution >= 4 is 33.4 Å². The summed E-state index contributed by atoms with van der Waals surface area (Å²) < 4.78 is 27.4. The van der Waals surface area contributed by atoms with E-state index in [9.17, 15) is 18.0 Å². The lowest BCUT2D eigenvalue weighted by Gasteiger charge is -2.32. The molecule has 28 heavy (non-hydrogen) atoms. The maximum absolute atomic E-state index is 13.0. The number of carbonyl (C=O) groups excluding carboxylic acids is 2. The van der Waals surface area contributed by atoms with Gasteiger partial charge in [0.1, 0.15) is 0 Å². The van der Waals surface area contributed by atoms with E-state index < -0.39 is 10.0 Å². The molecular formula is C18H25ClN4O4S. The summed E-state index contributed by atoms with van der Waals surface area (Å²) in [6.07, 6.45) is 0.996.